The van der Waals surface area contributed by atoms with Crippen LogP contribution < -0.4 is 11.0 Å². The summed E-state index contributed by atoms with van der Waals surface area (Å²) in [4.78, 5) is 20.7. The Hall–Kier alpha value is -2.94. The monoisotopic (exact) mass is 349 g/mol. The Morgan fingerprint density at radius 2 is 2.08 bits per heavy atom. The number of nitrogens with one attached hydrogen (secondary N) is 1. The van der Waals surface area contributed by atoms with E-state index in [-0.39, 0.29) is 11.7 Å². The zero-order chi connectivity index (χ0) is 18.6. The van der Waals surface area contributed by atoms with Gasteiger partial charge in [-0.05, 0) is 24.0 Å². The minimum Gasteiger partial charge on any atom is -0.352 e. The molecule has 1 aliphatic heterocycles. The molecule has 134 valence electrons. The lowest BCUT2D eigenvalue weighted by Gasteiger charge is -2.26. The number of rotatable bonds is 6. The second-order valence-electron chi connectivity index (χ2n) is 7.14. The molecule has 1 aliphatic rings. The van der Waals surface area contributed by atoms with Crippen molar-refractivity contribution in [2.45, 2.75) is 38.3 Å². The van der Waals surface area contributed by atoms with E-state index < -0.39 is 5.54 Å². The Kier molecular flexibility index (Phi) is 5.17. The highest BCUT2D eigenvalue weighted by Gasteiger charge is 2.38. The molecule has 0 aliphatic carbocycles. The van der Waals surface area contributed by atoms with Crippen LogP contribution in [0, 0.1) is 17.2 Å². The summed E-state index contributed by atoms with van der Waals surface area (Å²) < 4.78 is 1.60. The van der Waals surface area contributed by atoms with Gasteiger partial charge in [0.2, 0.25) is 0 Å². The number of hydrogen-bond acceptors (Lipinski definition) is 5. The third kappa shape index (κ3) is 3.83. The average molecular weight is 349 g/mol. The van der Waals surface area contributed by atoms with Crippen molar-refractivity contribution in [3.8, 4) is 6.07 Å². The van der Waals surface area contributed by atoms with Crippen LogP contribution in [0.15, 0.2) is 58.6 Å². The van der Waals surface area contributed by atoms with Crippen LogP contribution in [0.5, 0.6) is 0 Å². The van der Waals surface area contributed by atoms with Crippen LogP contribution in [0.3, 0.4) is 0 Å². The summed E-state index contributed by atoms with van der Waals surface area (Å²) in [6.45, 7) is 4.58. The number of amidine groups is 1. The van der Waals surface area contributed by atoms with E-state index in [1.54, 1.807) is 16.8 Å². The SMILES string of the molecule is CC(C)CC(C1=NCC(C#N)(Cc2ccccc2)N1)n1cccnc1=O. The fourth-order valence-corrected chi connectivity index (χ4v) is 3.29. The van der Waals surface area contributed by atoms with Gasteiger partial charge in [0.05, 0.1) is 18.7 Å². The number of nitrogens with zero attached hydrogens (tertiary/aromatic N) is 4. The summed E-state index contributed by atoms with van der Waals surface area (Å²) in [5.41, 5.74) is -0.00491. The van der Waals surface area contributed by atoms with Crippen molar-refractivity contribution >= 4 is 5.84 Å². The lowest BCUT2D eigenvalue weighted by atomic mass is 9.92. The molecule has 2 unspecified atom stereocenters. The Balaban J connectivity index is 1.87. The number of aliphatic imine (C=N–C) groups is 1. The summed E-state index contributed by atoms with van der Waals surface area (Å²) in [7, 11) is 0. The van der Waals surface area contributed by atoms with Crippen LogP contribution in [-0.4, -0.2) is 27.5 Å². The topological polar surface area (TPSA) is 83.1 Å². The third-order valence-corrected chi connectivity index (χ3v) is 4.53. The van der Waals surface area contributed by atoms with Crippen molar-refractivity contribution in [2.75, 3.05) is 6.54 Å². The Bertz CT molecular complexity index is 881. The average Bonchev–Trinajstić information content (AvgIpc) is 3.05. The van der Waals surface area contributed by atoms with E-state index in [1.165, 1.54) is 6.20 Å². The summed E-state index contributed by atoms with van der Waals surface area (Å²) in [5, 5.41) is 13.2. The highest BCUT2D eigenvalue weighted by Crippen LogP contribution is 2.24. The molecule has 6 heteroatoms. The number of aromatic nitrogens is 2. The minimum atomic E-state index is -0.780. The fourth-order valence-electron chi connectivity index (χ4n) is 3.29. The highest BCUT2D eigenvalue weighted by molar-refractivity contribution is 5.89. The summed E-state index contributed by atoms with van der Waals surface area (Å²) >= 11 is 0. The molecular formula is C20H23N5O. The maximum atomic E-state index is 12.2. The molecule has 0 spiro atoms. The van der Waals surface area contributed by atoms with Gasteiger partial charge in [0.15, 0.2) is 0 Å². The molecule has 0 saturated heterocycles. The number of hydrogen-bond donors (Lipinski definition) is 1. The van der Waals surface area contributed by atoms with Crippen molar-refractivity contribution in [3.63, 3.8) is 0 Å². The van der Waals surface area contributed by atoms with E-state index in [9.17, 15) is 10.1 Å². The van der Waals surface area contributed by atoms with E-state index in [4.69, 9.17) is 0 Å². The molecule has 0 fully saturated rings. The lowest BCUT2D eigenvalue weighted by molar-refractivity contribution is 0.451. The molecule has 0 saturated carbocycles. The first-order valence-electron chi connectivity index (χ1n) is 8.84. The maximum Gasteiger partial charge on any atom is 0.348 e. The molecule has 0 bridgehead atoms. The van der Waals surface area contributed by atoms with Gasteiger partial charge in [-0.2, -0.15) is 5.26 Å². The standard InChI is InChI=1S/C20H23N5O/c1-15(2)11-17(25-10-6-9-22-19(25)26)18-23-14-20(13-21,24-18)12-16-7-4-3-5-8-16/h3-10,15,17H,11-12,14H2,1-2H3,(H,23,24). The molecule has 26 heavy (non-hydrogen) atoms. The van der Waals surface area contributed by atoms with Gasteiger partial charge in [-0.1, -0.05) is 44.2 Å². The maximum absolute atomic E-state index is 12.2. The molecule has 0 radical (unpaired) electrons. The molecule has 0 amide bonds. The van der Waals surface area contributed by atoms with Gasteiger partial charge in [0, 0.05) is 18.8 Å². The van der Waals surface area contributed by atoms with Gasteiger partial charge in [0.25, 0.3) is 0 Å². The molecule has 1 N–H and O–H groups in total. The van der Waals surface area contributed by atoms with Gasteiger partial charge in [-0.3, -0.25) is 9.56 Å². The summed E-state index contributed by atoms with van der Waals surface area (Å²) in [5.74, 6) is 1.05. The third-order valence-electron chi connectivity index (χ3n) is 4.53. The van der Waals surface area contributed by atoms with Gasteiger partial charge in [-0.25, -0.2) is 9.78 Å². The van der Waals surface area contributed by atoms with Crippen LogP contribution in [0.25, 0.3) is 0 Å². The summed E-state index contributed by atoms with van der Waals surface area (Å²) in [6.07, 6.45) is 4.53. The van der Waals surface area contributed by atoms with E-state index in [0.717, 1.165) is 12.0 Å². The normalized spacial score (nSPS) is 20.3. The molecule has 6 nitrogen and oxygen atoms in total. The van der Waals surface area contributed by atoms with Crippen LogP contribution in [-0.2, 0) is 6.42 Å². The minimum absolute atomic E-state index is 0.248. The molecular weight excluding hydrogens is 326 g/mol. The van der Waals surface area contributed by atoms with Crippen LogP contribution in [0.4, 0.5) is 0 Å². The Morgan fingerprint density at radius 1 is 1.31 bits per heavy atom. The largest absolute Gasteiger partial charge is 0.352 e. The molecule has 1 aromatic carbocycles. The van der Waals surface area contributed by atoms with Crippen molar-refractivity contribution in [3.05, 3.63) is 64.8 Å². The summed E-state index contributed by atoms with van der Waals surface area (Å²) in [6, 6.07) is 13.8. The molecule has 2 aromatic rings. The van der Waals surface area contributed by atoms with E-state index >= 15 is 0 Å². The van der Waals surface area contributed by atoms with E-state index in [1.807, 2.05) is 30.3 Å². The zero-order valence-electron chi connectivity index (χ0n) is 15.1. The van der Waals surface area contributed by atoms with Gasteiger partial charge >= 0.3 is 5.69 Å². The highest BCUT2D eigenvalue weighted by atomic mass is 16.1. The second kappa shape index (κ2) is 7.52. The van der Waals surface area contributed by atoms with Gasteiger partial charge in [0.1, 0.15) is 11.4 Å². The van der Waals surface area contributed by atoms with Crippen LogP contribution in [0.1, 0.15) is 31.9 Å². The second-order valence-corrected chi connectivity index (χ2v) is 7.14. The zero-order valence-corrected chi connectivity index (χ0v) is 15.1. The van der Waals surface area contributed by atoms with Crippen LogP contribution >= 0.6 is 0 Å². The van der Waals surface area contributed by atoms with E-state index in [0.29, 0.717) is 24.7 Å². The molecule has 3 rings (SSSR count). The first kappa shape index (κ1) is 17.9. The van der Waals surface area contributed by atoms with Crippen molar-refractivity contribution in [1.82, 2.24) is 14.9 Å². The smallest absolute Gasteiger partial charge is 0.348 e. The van der Waals surface area contributed by atoms with Gasteiger partial charge in [-0.15, -0.1) is 0 Å². The number of nitriles is 1. The van der Waals surface area contributed by atoms with Crippen molar-refractivity contribution in [2.24, 2.45) is 10.9 Å². The first-order chi connectivity index (χ1) is 12.5. The molecule has 2 atom stereocenters. The fraction of sp³-hybridized carbons (Fsp3) is 0.400. The lowest BCUT2D eigenvalue weighted by Crippen LogP contribution is -2.49. The van der Waals surface area contributed by atoms with E-state index in [2.05, 4.69) is 35.2 Å². The molecule has 1 aromatic heterocycles. The van der Waals surface area contributed by atoms with Crippen LogP contribution in [0.2, 0.25) is 0 Å². The van der Waals surface area contributed by atoms with Crippen molar-refractivity contribution < 1.29 is 0 Å². The first-order valence-corrected chi connectivity index (χ1v) is 8.84. The predicted octanol–water partition coefficient (Wildman–Crippen LogP) is 2.34. The predicted molar refractivity (Wildman–Crippen MR) is 101 cm³/mol. The Morgan fingerprint density at radius 3 is 2.73 bits per heavy atom. The quantitative estimate of drug-likeness (QED) is 0.868. The number of benzene rings is 1. The Labute approximate surface area is 153 Å². The van der Waals surface area contributed by atoms with Gasteiger partial charge < -0.3 is 5.32 Å². The molecule has 2 heterocycles. The van der Waals surface area contributed by atoms with Crippen molar-refractivity contribution in [1.29, 1.82) is 5.26 Å².